The molecule has 2 aromatic rings. The van der Waals surface area contributed by atoms with E-state index < -0.39 is 0 Å². The Kier molecular flexibility index (Phi) is 4.77. The molecule has 3 rings (SSSR count). The van der Waals surface area contributed by atoms with Crippen LogP contribution >= 0.6 is 11.6 Å². The number of anilines is 1. The minimum Gasteiger partial charge on any atom is -0.493 e. The van der Waals surface area contributed by atoms with Gasteiger partial charge in [0, 0.05) is 29.0 Å². The van der Waals surface area contributed by atoms with E-state index in [-0.39, 0.29) is 18.2 Å². The molecule has 0 aliphatic carbocycles. The monoisotopic (exact) mass is 361 g/mol. The van der Waals surface area contributed by atoms with Gasteiger partial charge in [-0.25, -0.2) is 0 Å². The van der Waals surface area contributed by atoms with E-state index in [1.165, 1.54) is 0 Å². The van der Waals surface area contributed by atoms with Gasteiger partial charge < -0.3 is 19.5 Å². The lowest BCUT2D eigenvalue weighted by molar-refractivity contribution is -0.116. The van der Waals surface area contributed by atoms with Crippen LogP contribution in [0.1, 0.15) is 29.0 Å². The highest BCUT2D eigenvalue weighted by atomic mass is 35.5. The van der Waals surface area contributed by atoms with Crippen molar-refractivity contribution in [3.8, 4) is 17.2 Å². The minimum absolute atomic E-state index is 0.0802. The average Bonchev–Trinajstić information content (AvgIpc) is 2.59. The van der Waals surface area contributed by atoms with Crippen LogP contribution in [0, 0.1) is 6.92 Å². The number of hydrogen-bond acceptors (Lipinski definition) is 4. The molecule has 0 saturated heterocycles. The van der Waals surface area contributed by atoms with E-state index in [1.54, 1.807) is 27.4 Å². The van der Waals surface area contributed by atoms with E-state index in [4.69, 9.17) is 25.8 Å². The Morgan fingerprint density at radius 1 is 1.08 bits per heavy atom. The van der Waals surface area contributed by atoms with Gasteiger partial charge in [0.15, 0.2) is 11.5 Å². The number of halogens is 1. The number of fused-ring (bicyclic) bond motifs is 1. The van der Waals surface area contributed by atoms with Crippen molar-refractivity contribution in [2.45, 2.75) is 19.3 Å². The summed E-state index contributed by atoms with van der Waals surface area (Å²) in [6.07, 6.45) is 0.279. The molecule has 0 aromatic heterocycles. The summed E-state index contributed by atoms with van der Waals surface area (Å²) in [6.45, 7) is 1.98. The molecule has 2 aromatic carbocycles. The summed E-state index contributed by atoms with van der Waals surface area (Å²) in [5.74, 6) is 1.22. The fourth-order valence-electron chi connectivity index (χ4n) is 3.30. The van der Waals surface area contributed by atoms with E-state index in [0.29, 0.717) is 28.0 Å². The molecule has 0 radical (unpaired) electrons. The average molecular weight is 362 g/mol. The van der Waals surface area contributed by atoms with Gasteiger partial charge in [-0.2, -0.15) is 0 Å². The van der Waals surface area contributed by atoms with E-state index >= 15 is 0 Å². The Morgan fingerprint density at radius 3 is 2.40 bits per heavy atom. The van der Waals surface area contributed by atoms with Gasteiger partial charge in [0.1, 0.15) is 0 Å². The lowest BCUT2D eigenvalue weighted by atomic mass is 9.83. The molecule has 1 N–H and O–H groups in total. The lowest BCUT2D eigenvalue weighted by Crippen LogP contribution is -2.24. The molecular formula is C19H20ClNO4. The molecule has 0 spiro atoms. The molecule has 5 nitrogen and oxygen atoms in total. The third kappa shape index (κ3) is 3.00. The lowest BCUT2D eigenvalue weighted by Gasteiger charge is -2.30. The Bertz CT molecular complexity index is 835. The molecule has 1 aliphatic rings. The van der Waals surface area contributed by atoms with Crippen LogP contribution in [0.15, 0.2) is 24.3 Å². The Hall–Kier alpha value is -2.40. The van der Waals surface area contributed by atoms with E-state index in [9.17, 15) is 4.79 Å². The number of amides is 1. The van der Waals surface area contributed by atoms with E-state index in [2.05, 4.69) is 5.32 Å². The second-order valence-electron chi connectivity index (χ2n) is 5.94. The third-order valence-electron chi connectivity index (χ3n) is 4.41. The summed E-state index contributed by atoms with van der Waals surface area (Å²) in [5.41, 5.74) is 3.43. The minimum atomic E-state index is -0.230. The van der Waals surface area contributed by atoms with Crippen molar-refractivity contribution in [1.29, 1.82) is 0 Å². The van der Waals surface area contributed by atoms with E-state index in [0.717, 1.165) is 16.7 Å². The molecule has 1 amide bonds. The molecule has 132 valence electrons. The Morgan fingerprint density at radius 2 is 1.80 bits per heavy atom. The molecule has 1 atom stereocenters. The van der Waals surface area contributed by atoms with Crippen molar-refractivity contribution in [3.05, 3.63) is 46.0 Å². The number of carbonyl (C=O) groups excluding carboxylic acids is 1. The molecule has 1 heterocycles. The fourth-order valence-corrected chi connectivity index (χ4v) is 3.66. The summed E-state index contributed by atoms with van der Waals surface area (Å²) in [5, 5.41) is 3.52. The van der Waals surface area contributed by atoms with Gasteiger partial charge in [-0.1, -0.05) is 23.7 Å². The van der Waals surface area contributed by atoms with Crippen LogP contribution in [0.25, 0.3) is 0 Å². The van der Waals surface area contributed by atoms with Gasteiger partial charge in [-0.3, -0.25) is 4.79 Å². The summed E-state index contributed by atoms with van der Waals surface area (Å²) in [6, 6.07) is 7.60. The number of methoxy groups -OCH3 is 3. The smallest absolute Gasteiger partial charge is 0.225 e. The zero-order chi connectivity index (χ0) is 18.1. The van der Waals surface area contributed by atoms with E-state index in [1.807, 2.05) is 25.1 Å². The van der Waals surface area contributed by atoms with Crippen molar-refractivity contribution >= 4 is 23.2 Å². The van der Waals surface area contributed by atoms with Gasteiger partial charge in [-0.05, 0) is 24.1 Å². The first-order valence-electron chi connectivity index (χ1n) is 7.88. The van der Waals surface area contributed by atoms with Gasteiger partial charge in [0.25, 0.3) is 0 Å². The van der Waals surface area contributed by atoms with Gasteiger partial charge in [0.2, 0.25) is 11.7 Å². The Labute approximate surface area is 151 Å². The first kappa shape index (κ1) is 17.4. The van der Waals surface area contributed by atoms with Crippen molar-refractivity contribution in [2.24, 2.45) is 0 Å². The number of aryl methyl sites for hydroxylation is 1. The van der Waals surface area contributed by atoms with Gasteiger partial charge in [-0.15, -0.1) is 0 Å². The van der Waals surface area contributed by atoms with Crippen LogP contribution in [0.2, 0.25) is 5.02 Å². The Balaban J connectivity index is 2.27. The quantitative estimate of drug-likeness (QED) is 0.888. The highest BCUT2D eigenvalue weighted by Crippen LogP contribution is 2.51. The predicted molar refractivity (Wildman–Crippen MR) is 97.4 cm³/mol. The molecule has 1 aliphatic heterocycles. The predicted octanol–water partition coefficient (Wildman–Crippen LogP) is 4.15. The summed E-state index contributed by atoms with van der Waals surface area (Å²) in [7, 11) is 4.67. The van der Waals surface area contributed by atoms with Gasteiger partial charge >= 0.3 is 0 Å². The van der Waals surface area contributed by atoms with Crippen molar-refractivity contribution in [2.75, 3.05) is 26.6 Å². The molecule has 0 saturated carbocycles. The largest absolute Gasteiger partial charge is 0.493 e. The zero-order valence-corrected chi connectivity index (χ0v) is 15.4. The summed E-state index contributed by atoms with van der Waals surface area (Å²) in [4.78, 5) is 12.3. The molecule has 1 unspecified atom stereocenters. The maximum absolute atomic E-state index is 12.3. The van der Waals surface area contributed by atoms with Crippen LogP contribution in [0.3, 0.4) is 0 Å². The van der Waals surface area contributed by atoms with Crippen LogP contribution in [-0.4, -0.2) is 27.2 Å². The molecule has 6 heteroatoms. The standard InChI is InChI=1S/C19H20ClNO4/c1-10-5-6-11(13(20)7-10)12-8-16(22)21-14-9-15(23-2)18(24-3)19(25-4)17(12)14/h5-7,9,12H,8H2,1-4H3,(H,21,22). The van der Waals surface area contributed by atoms with Crippen LogP contribution in [-0.2, 0) is 4.79 Å². The fraction of sp³-hybridized carbons (Fsp3) is 0.316. The highest BCUT2D eigenvalue weighted by Gasteiger charge is 2.34. The zero-order valence-electron chi connectivity index (χ0n) is 14.6. The first-order chi connectivity index (χ1) is 12.0. The van der Waals surface area contributed by atoms with Crippen molar-refractivity contribution in [3.63, 3.8) is 0 Å². The molecule has 0 fully saturated rings. The number of benzene rings is 2. The maximum atomic E-state index is 12.3. The second-order valence-corrected chi connectivity index (χ2v) is 6.34. The number of carbonyl (C=O) groups is 1. The SMILES string of the molecule is COc1cc2c(c(OC)c1OC)C(c1ccc(C)cc1Cl)CC(=O)N2. The van der Waals surface area contributed by atoms with Crippen LogP contribution in [0.4, 0.5) is 5.69 Å². The summed E-state index contributed by atoms with van der Waals surface area (Å²) >= 11 is 6.48. The number of hydrogen-bond donors (Lipinski definition) is 1. The van der Waals surface area contributed by atoms with Gasteiger partial charge in [0.05, 0.1) is 27.0 Å². The third-order valence-corrected chi connectivity index (χ3v) is 4.74. The number of nitrogens with one attached hydrogen (secondary N) is 1. The normalized spacial score (nSPS) is 16.0. The number of rotatable bonds is 4. The topological polar surface area (TPSA) is 56.8 Å². The summed E-state index contributed by atoms with van der Waals surface area (Å²) < 4.78 is 16.5. The second kappa shape index (κ2) is 6.84. The maximum Gasteiger partial charge on any atom is 0.225 e. The highest BCUT2D eigenvalue weighted by molar-refractivity contribution is 6.31. The van der Waals surface area contributed by atoms with Crippen LogP contribution in [0.5, 0.6) is 17.2 Å². The first-order valence-corrected chi connectivity index (χ1v) is 8.26. The molecule has 25 heavy (non-hydrogen) atoms. The molecular weight excluding hydrogens is 342 g/mol. The van der Waals surface area contributed by atoms with Crippen LogP contribution < -0.4 is 19.5 Å². The van der Waals surface area contributed by atoms with Crippen molar-refractivity contribution < 1.29 is 19.0 Å². The van der Waals surface area contributed by atoms with Crippen molar-refractivity contribution in [1.82, 2.24) is 0 Å². The molecule has 0 bridgehead atoms. The number of ether oxygens (including phenoxy) is 3.